The minimum Gasteiger partial charge on any atom is -0.378 e. The summed E-state index contributed by atoms with van der Waals surface area (Å²) in [7, 11) is 0. The summed E-state index contributed by atoms with van der Waals surface area (Å²) < 4.78 is 5.31. The predicted molar refractivity (Wildman–Crippen MR) is 78.7 cm³/mol. The van der Waals surface area contributed by atoms with Crippen LogP contribution in [-0.4, -0.2) is 38.3 Å². The first-order valence-corrected chi connectivity index (χ1v) is 7.45. The number of hydrogen-bond donors (Lipinski definition) is 2. The molecule has 1 atom stereocenters. The number of ether oxygens (including phenoxy) is 1. The number of amides is 1. The fourth-order valence-electron chi connectivity index (χ4n) is 2.85. The minimum atomic E-state index is -0.146. The van der Waals surface area contributed by atoms with Crippen molar-refractivity contribution in [3.63, 3.8) is 0 Å². The van der Waals surface area contributed by atoms with Crippen LogP contribution >= 0.6 is 12.4 Å². The third kappa shape index (κ3) is 6.11. The van der Waals surface area contributed by atoms with Crippen LogP contribution in [0.15, 0.2) is 0 Å². The lowest BCUT2D eigenvalue weighted by atomic mass is 9.91. The number of hydrogen-bond acceptors (Lipinski definition) is 3. The molecule has 1 aliphatic carbocycles. The van der Waals surface area contributed by atoms with Crippen molar-refractivity contribution in [1.29, 1.82) is 0 Å². The highest BCUT2D eigenvalue weighted by molar-refractivity contribution is 5.85. The Balaban J connectivity index is 0.00000180. The monoisotopic (exact) mass is 290 g/mol. The largest absolute Gasteiger partial charge is 0.378 e. The Morgan fingerprint density at radius 3 is 2.47 bits per heavy atom. The Morgan fingerprint density at radius 2 is 1.84 bits per heavy atom. The van der Waals surface area contributed by atoms with Gasteiger partial charge >= 0.3 is 0 Å². The lowest BCUT2D eigenvalue weighted by Crippen LogP contribution is -2.51. The molecule has 0 spiro atoms. The summed E-state index contributed by atoms with van der Waals surface area (Å²) in [6.45, 7) is 2.85. The zero-order valence-electron chi connectivity index (χ0n) is 11.7. The van der Waals surface area contributed by atoms with Crippen LogP contribution in [0.4, 0.5) is 0 Å². The second-order valence-corrected chi connectivity index (χ2v) is 5.54. The molecule has 2 N–H and O–H groups in total. The number of carbonyl (C=O) groups is 1. The minimum absolute atomic E-state index is 0. The van der Waals surface area contributed by atoms with Crippen LogP contribution in [0.1, 0.15) is 44.9 Å². The van der Waals surface area contributed by atoms with E-state index in [4.69, 9.17) is 4.74 Å². The van der Waals surface area contributed by atoms with Gasteiger partial charge in [0.05, 0.1) is 13.2 Å². The van der Waals surface area contributed by atoms with E-state index in [0.29, 0.717) is 19.1 Å². The summed E-state index contributed by atoms with van der Waals surface area (Å²) in [5.74, 6) is 0.788. The van der Waals surface area contributed by atoms with Gasteiger partial charge < -0.3 is 15.4 Å². The van der Waals surface area contributed by atoms with Gasteiger partial charge in [0.25, 0.3) is 0 Å². The van der Waals surface area contributed by atoms with Gasteiger partial charge in [0.1, 0.15) is 6.04 Å². The molecule has 0 aromatic carbocycles. The maximum atomic E-state index is 11.9. The van der Waals surface area contributed by atoms with Gasteiger partial charge in [-0.25, -0.2) is 0 Å². The van der Waals surface area contributed by atoms with Crippen molar-refractivity contribution in [1.82, 2.24) is 10.6 Å². The van der Waals surface area contributed by atoms with Gasteiger partial charge in [-0.2, -0.15) is 0 Å². The molecule has 2 aliphatic rings. The van der Waals surface area contributed by atoms with Gasteiger partial charge in [-0.05, 0) is 18.8 Å². The first-order chi connectivity index (χ1) is 8.86. The Labute approximate surface area is 122 Å². The van der Waals surface area contributed by atoms with E-state index in [-0.39, 0.29) is 24.4 Å². The average Bonchev–Trinajstić information content (AvgIpc) is 2.38. The van der Waals surface area contributed by atoms with E-state index in [9.17, 15) is 4.79 Å². The van der Waals surface area contributed by atoms with Crippen LogP contribution in [0.25, 0.3) is 0 Å². The van der Waals surface area contributed by atoms with Crippen LogP contribution in [0.3, 0.4) is 0 Å². The molecule has 4 nitrogen and oxygen atoms in total. The molecule has 0 radical (unpaired) electrons. The first kappa shape index (κ1) is 16.7. The molecule has 1 saturated heterocycles. The SMILES string of the molecule is Cl.O=C(NCC1CCCCCCC1)C1COCCN1. The van der Waals surface area contributed by atoms with E-state index >= 15 is 0 Å². The van der Waals surface area contributed by atoms with E-state index in [2.05, 4.69) is 10.6 Å². The molecule has 1 aliphatic heterocycles. The highest BCUT2D eigenvalue weighted by atomic mass is 35.5. The number of morpholine rings is 1. The number of rotatable bonds is 3. The Hall–Kier alpha value is -0.320. The van der Waals surface area contributed by atoms with Gasteiger partial charge in [0.2, 0.25) is 5.91 Å². The Kier molecular flexibility index (Phi) is 8.42. The van der Waals surface area contributed by atoms with Crippen LogP contribution in [0.2, 0.25) is 0 Å². The van der Waals surface area contributed by atoms with E-state index in [1.165, 1.54) is 44.9 Å². The van der Waals surface area contributed by atoms with Gasteiger partial charge in [-0.1, -0.05) is 32.1 Å². The Bertz CT molecular complexity index is 250. The Morgan fingerprint density at radius 1 is 1.16 bits per heavy atom. The maximum Gasteiger partial charge on any atom is 0.239 e. The van der Waals surface area contributed by atoms with Gasteiger partial charge in [0, 0.05) is 13.1 Å². The second kappa shape index (κ2) is 9.56. The summed E-state index contributed by atoms with van der Waals surface area (Å²) in [6, 6.07) is -0.146. The van der Waals surface area contributed by atoms with E-state index in [0.717, 1.165) is 13.1 Å². The van der Waals surface area contributed by atoms with Crippen molar-refractivity contribution >= 4 is 18.3 Å². The highest BCUT2D eigenvalue weighted by Crippen LogP contribution is 2.21. The van der Waals surface area contributed by atoms with Crippen molar-refractivity contribution in [3.05, 3.63) is 0 Å². The summed E-state index contributed by atoms with van der Waals surface area (Å²) in [6.07, 6.45) is 9.31. The molecular formula is C14H27ClN2O2. The van der Waals surface area contributed by atoms with Gasteiger partial charge in [0.15, 0.2) is 0 Å². The lowest BCUT2D eigenvalue weighted by Gasteiger charge is -2.25. The molecule has 2 rings (SSSR count). The van der Waals surface area contributed by atoms with Crippen molar-refractivity contribution in [3.8, 4) is 0 Å². The quantitative estimate of drug-likeness (QED) is 0.834. The molecule has 1 saturated carbocycles. The molecule has 112 valence electrons. The molecule has 1 amide bonds. The van der Waals surface area contributed by atoms with E-state index < -0.39 is 0 Å². The van der Waals surface area contributed by atoms with Crippen LogP contribution in [0, 0.1) is 5.92 Å². The number of nitrogens with one attached hydrogen (secondary N) is 2. The van der Waals surface area contributed by atoms with E-state index in [1.54, 1.807) is 0 Å². The molecule has 2 fully saturated rings. The zero-order valence-corrected chi connectivity index (χ0v) is 12.5. The molecule has 19 heavy (non-hydrogen) atoms. The molecular weight excluding hydrogens is 264 g/mol. The van der Waals surface area contributed by atoms with Crippen LogP contribution in [0.5, 0.6) is 0 Å². The van der Waals surface area contributed by atoms with Crippen molar-refractivity contribution in [2.24, 2.45) is 5.92 Å². The fraction of sp³-hybridized carbons (Fsp3) is 0.929. The third-order valence-electron chi connectivity index (χ3n) is 4.03. The molecule has 0 bridgehead atoms. The van der Waals surface area contributed by atoms with Crippen LogP contribution in [-0.2, 0) is 9.53 Å². The van der Waals surface area contributed by atoms with Crippen molar-refractivity contribution in [2.45, 2.75) is 51.0 Å². The second-order valence-electron chi connectivity index (χ2n) is 5.54. The maximum absolute atomic E-state index is 11.9. The number of halogens is 1. The van der Waals surface area contributed by atoms with Gasteiger partial charge in [-0.3, -0.25) is 4.79 Å². The van der Waals surface area contributed by atoms with Crippen molar-refractivity contribution in [2.75, 3.05) is 26.3 Å². The van der Waals surface area contributed by atoms with Crippen LogP contribution < -0.4 is 10.6 Å². The van der Waals surface area contributed by atoms with Gasteiger partial charge in [-0.15, -0.1) is 12.4 Å². The van der Waals surface area contributed by atoms with Crippen molar-refractivity contribution < 1.29 is 9.53 Å². The molecule has 5 heteroatoms. The first-order valence-electron chi connectivity index (χ1n) is 7.45. The standard InChI is InChI=1S/C14H26N2O2.ClH/c17-14(13-11-18-9-8-15-13)16-10-12-6-4-2-1-3-5-7-12;/h12-13,15H,1-11H2,(H,16,17);1H. The average molecular weight is 291 g/mol. The normalized spacial score (nSPS) is 25.8. The highest BCUT2D eigenvalue weighted by Gasteiger charge is 2.21. The molecule has 1 unspecified atom stereocenters. The summed E-state index contributed by atoms with van der Waals surface area (Å²) in [4.78, 5) is 11.9. The third-order valence-corrected chi connectivity index (χ3v) is 4.03. The zero-order chi connectivity index (χ0) is 12.6. The molecule has 1 heterocycles. The summed E-state index contributed by atoms with van der Waals surface area (Å²) in [5, 5.41) is 6.28. The lowest BCUT2D eigenvalue weighted by molar-refractivity contribution is -0.126. The molecule has 0 aromatic rings. The topological polar surface area (TPSA) is 50.4 Å². The predicted octanol–water partition coefficient (Wildman–Crippen LogP) is 1.87. The summed E-state index contributed by atoms with van der Waals surface area (Å²) in [5.41, 5.74) is 0. The number of carbonyl (C=O) groups excluding carboxylic acids is 1. The smallest absolute Gasteiger partial charge is 0.239 e. The molecule has 0 aromatic heterocycles. The van der Waals surface area contributed by atoms with E-state index in [1.807, 2.05) is 0 Å². The fourth-order valence-corrected chi connectivity index (χ4v) is 2.85. The summed E-state index contributed by atoms with van der Waals surface area (Å²) >= 11 is 0.